The maximum absolute atomic E-state index is 6.49. The van der Waals surface area contributed by atoms with Gasteiger partial charge in [-0.15, -0.1) is 0 Å². The van der Waals surface area contributed by atoms with E-state index in [2.05, 4.69) is 11.9 Å². The highest BCUT2D eigenvalue weighted by Crippen LogP contribution is 2.19. The molecular formula is C17H36N2O. The third kappa shape index (κ3) is 7.61. The number of rotatable bonds is 5. The molecule has 2 atom stereocenters. The van der Waals surface area contributed by atoms with Crippen LogP contribution in [0.2, 0.25) is 0 Å². The van der Waals surface area contributed by atoms with Gasteiger partial charge >= 0.3 is 0 Å². The van der Waals surface area contributed by atoms with Gasteiger partial charge in [-0.05, 0) is 26.3 Å². The van der Waals surface area contributed by atoms with Crippen molar-refractivity contribution in [2.45, 2.75) is 82.7 Å². The van der Waals surface area contributed by atoms with Crippen molar-refractivity contribution in [3.8, 4) is 0 Å². The van der Waals surface area contributed by atoms with E-state index < -0.39 is 0 Å². The summed E-state index contributed by atoms with van der Waals surface area (Å²) in [7, 11) is 4.02. The summed E-state index contributed by atoms with van der Waals surface area (Å²) in [5.74, 6) is 0. The van der Waals surface area contributed by atoms with Gasteiger partial charge in [0.1, 0.15) is 0 Å². The monoisotopic (exact) mass is 284 g/mol. The van der Waals surface area contributed by atoms with Crippen molar-refractivity contribution in [1.82, 2.24) is 4.90 Å². The molecule has 0 aromatic rings. The lowest BCUT2D eigenvalue weighted by atomic mass is 9.93. The van der Waals surface area contributed by atoms with Crippen molar-refractivity contribution >= 4 is 0 Å². The third-order valence-corrected chi connectivity index (χ3v) is 4.71. The zero-order chi connectivity index (χ0) is 14.6. The first kappa shape index (κ1) is 17.9. The molecule has 3 nitrogen and oxygen atoms in total. The second kappa shape index (κ2) is 11.5. The lowest BCUT2D eigenvalue weighted by molar-refractivity contribution is 0.148. The van der Waals surface area contributed by atoms with Gasteiger partial charge in [0.2, 0.25) is 0 Å². The number of nitrogens with zero attached hydrogens (tertiary/aromatic N) is 1. The standard InChI is InChI=1S/C17H36N2O/c1-19(14-11-15-20-2)17-13-10-8-6-4-3-5-7-9-12-16(17)18/h16-17H,3-15,18H2,1-2H3. The van der Waals surface area contributed by atoms with E-state index in [0.717, 1.165) is 19.6 Å². The second-order valence-electron chi connectivity index (χ2n) is 6.46. The van der Waals surface area contributed by atoms with Crippen molar-refractivity contribution in [2.75, 3.05) is 27.3 Å². The van der Waals surface area contributed by atoms with Gasteiger partial charge in [0, 0.05) is 32.3 Å². The average Bonchev–Trinajstić information content (AvgIpc) is 2.43. The molecule has 1 rings (SSSR count). The first-order valence-corrected chi connectivity index (χ1v) is 8.70. The van der Waals surface area contributed by atoms with Crippen LogP contribution in [0.4, 0.5) is 0 Å². The van der Waals surface area contributed by atoms with E-state index in [4.69, 9.17) is 10.5 Å². The third-order valence-electron chi connectivity index (χ3n) is 4.71. The molecule has 20 heavy (non-hydrogen) atoms. The Morgan fingerprint density at radius 3 is 2.10 bits per heavy atom. The first-order chi connectivity index (χ1) is 9.75. The van der Waals surface area contributed by atoms with Crippen LogP contribution in [0.1, 0.15) is 70.6 Å². The molecule has 0 heterocycles. The molecule has 2 N–H and O–H groups in total. The fraction of sp³-hybridized carbons (Fsp3) is 1.00. The van der Waals surface area contributed by atoms with E-state index in [1.54, 1.807) is 7.11 Å². The predicted octanol–water partition coefficient (Wildman–Crippen LogP) is 3.57. The highest BCUT2D eigenvalue weighted by Gasteiger charge is 2.21. The van der Waals surface area contributed by atoms with Gasteiger partial charge in [-0.2, -0.15) is 0 Å². The van der Waals surface area contributed by atoms with Crippen LogP contribution in [0.15, 0.2) is 0 Å². The van der Waals surface area contributed by atoms with E-state index in [9.17, 15) is 0 Å². The van der Waals surface area contributed by atoms with E-state index in [-0.39, 0.29) is 0 Å². The van der Waals surface area contributed by atoms with Crippen LogP contribution in [0.25, 0.3) is 0 Å². The maximum atomic E-state index is 6.49. The summed E-state index contributed by atoms with van der Waals surface area (Å²) in [6.45, 7) is 1.96. The Morgan fingerprint density at radius 1 is 0.950 bits per heavy atom. The average molecular weight is 284 g/mol. The molecule has 0 amide bonds. The smallest absolute Gasteiger partial charge is 0.0474 e. The number of hydrogen-bond donors (Lipinski definition) is 1. The number of likely N-dealkylation sites (N-methyl/N-ethyl adjacent to an activating group) is 1. The normalized spacial score (nSPS) is 27.0. The largest absolute Gasteiger partial charge is 0.385 e. The summed E-state index contributed by atoms with van der Waals surface area (Å²) in [6.07, 6.45) is 14.6. The Labute approximate surface area is 126 Å². The Balaban J connectivity index is 2.42. The minimum absolute atomic E-state index is 0.349. The van der Waals surface area contributed by atoms with Gasteiger partial charge in [0.05, 0.1) is 0 Å². The molecule has 0 aromatic heterocycles. The molecular weight excluding hydrogens is 248 g/mol. The number of methoxy groups -OCH3 is 1. The fourth-order valence-corrected chi connectivity index (χ4v) is 3.37. The Hall–Kier alpha value is -0.120. The van der Waals surface area contributed by atoms with Crippen LogP contribution in [-0.2, 0) is 4.74 Å². The topological polar surface area (TPSA) is 38.5 Å². The first-order valence-electron chi connectivity index (χ1n) is 8.70. The van der Waals surface area contributed by atoms with Crippen molar-refractivity contribution in [1.29, 1.82) is 0 Å². The van der Waals surface area contributed by atoms with Gasteiger partial charge in [0.25, 0.3) is 0 Å². The van der Waals surface area contributed by atoms with Crippen molar-refractivity contribution in [3.05, 3.63) is 0 Å². The molecule has 1 aliphatic carbocycles. The SMILES string of the molecule is COCCCN(C)C1CCCCCCCCCCC1N. The molecule has 1 fully saturated rings. The minimum Gasteiger partial charge on any atom is -0.385 e. The van der Waals surface area contributed by atoms with Gasteiger partial charge in [0.15, 0.2) is 0 Å². The van der Waals surface area contributed by atoms with Gasteiger partial charge < -0.3 is 15.4 Å². The fourth-order valence-electron chi connectivity index (χ4n) is 3.37. The molecule has 2 unspecified atom stereocenters. The molecule has 0 radical (unpaired) electrons. The van der Waals surface area contributed by atoms with Gasteiger partial charge in [-0.1, -0.05) is 51.4 Å². The van der Waals surface area contributed by atoms with Crippen LogP contribution in [0.3, 0.4) is 0 Å². The minimum atomic E-state index is 0.349. The molecule has 120 valence electrons. The second-order valence-corrected chi connectivity index (χ2v) is 6.46. The lowest BCUT2D eigenvalue weighted by Gasteiger charge is -2.33. The highest BCUT2D eigenvalue weighted by atomic mass is 16.5. The van der Waals surface area contributed by atoms with E-state index in [0.29, 0.717) is 12.1 Å². The summed E-state index contributed by atoms with van der Waals surface area (Å²) in [5.41, 5.74) is 6.49. The number of hydrogen-bond acceptors (Lipinski definition) is 3. The summed E-state index contributed by atoms with van der Waals surface area (Å²) < 4.78 is 5.16. The van der Waals surface area contributed by atoms with Crippen molar-refractivity contribution in [3.63, 3.8) is 0 Å². The zero-order valence-corrected chi connectivity index (χ0v) is 13.8. The van der Waals surface area contributed by atoms with Gasteiger partial charge in [-0.25, -0.2) is 0 Å². The van der Waals surface area contributed by atoms with Crippen molar-refractivity contribution in [2.24, 2.45) is 5.73 Å². The molecule has 0 bridgehead atoms. The van der Waals surface area contributed by atoms with Crippen LogP contribution >= 0.6 is 0 Å². The number of nitrogens with two attached hydrogens (primary N) is 1. The lowest BCUT2D eigenvalue weighted by Crippen LogP contribution is -2.46. The van der Waals surface area contributed by atoms with E-state index >= 15 is 0 Å². The van der Waals surface area contributed by atoms with Crippen LogP contribution in [-0.4, -0.2) is 44.3 Å². The number of ether oxygens (including phenoxy) is 1. The molecule has 0 saturated heterocycles. The molecule has 3 heteroatoms. The molecule has 0 aromatic carbocycles. The van der Waals surface area contributed by atoms with Gasteiger partial charge in [-0.3, -0.25) is 0 Å². The zero-order valence-electron chi connectivity index (χ0n) is 13.8. The van der Waals surface area contributed by atoms with Crippen LogP contribution in [0, 0.1) is 0 Å². The van der Waals surface area contributed by atoms with Crippen molar-refractivity contribution < 1.29 is 4.74 Å². The Kier molecular flexibility index (Phi) is 10.3. The highest BCUT2D eigenvalue weighted by molar-refractivity contribution is 4.81. The summed E-state index contributed by atoms with van der Waals surface area (Å²) >= 11 is 0. The van der Waals surface area contributed by atoms with Crippen LogP contribution in [0.5, 0.6) is 0 Å². The molecule has 0 aliphatic heterocycles. The summed E-state index contributed by atoms with van der Waals surface area (Å²) in [6, 6.07) is 0.910. The predicted molar refractivity (Wildman–Crippen MR) is 87.1 cm³/mol. The molecule has 1 aliphatic rings. The quantitative estimate of drug-likeness (QED) is 0.784. The van der Waals surface area contributed by atoms with E-state index in [1.807, 2.05) is 0 Å². The Morgan fingerprint density at radius 2 is 1.50 bits per heavy atom. The summed E-state index contributed by atoms with van der Waals surface area (Å²) in [5, 5.41) is 0. The Bertz CT molecular complexity index is 219. The summed E-state index contributed by atoms with van der Waals surface area (Å²) in [4.78, 5) is 2.48. The maximum Gasteiger partial charge on any atom is 0.0474 e. The molecule has 1 saturated carbocycles. The van der Waals surface area contributed by atoms with Crippen LogP contribution < -0.4 is 5.73 Å². The van der Waals surface area contributed by atoms with E-state index in [1.165, 1.54) is 64.2 Å². The molecule has 0 spiro atoms.